The zero-order chi connectivity index (χ0) is 23.0. The number of rotatable bonds is 8. The lowest BCUT2D eigenvalue weighted by atomic mass is 9.90. The summed E-state index contributed by atoms with van der Waals surface area (Å²) in [7, 11) is 0. The molecule has 2 atom stereocenters. The second-order valence-electron chi connectivity index (χ2n) is 8.04. The molecule has 0 radical (unpaired) electrons. The number of H-pyrrole nitrogens is 1. The molecule has 0 fully saturated rings. The average molecular weight is 441 g/mol. The Labute approximate surface area is 193 Å². The van der Waals surface area contributed by atoms with E-state index in [1.165, 1.54) is 0 Å². The number of aromatic amines is 1. The van der Waals surface area contributed by atoms with Crippen molar-refractivity contribution in [3.63, 3.8) is 0 Å². The lowest BCUT2D eigenvalue weighted by molar-refractivity contribution is -0.121. The monoisotopic (exact) mass is 440 g/mol. The number of aromatic nitrogens is 1. The van der Waals surface area contributed by atoms with Crippen molar-refractivity contribution in [1.29, 1.82) is 0 Å². The van der Waals surface area contributed by atoms with Crippen LogP contribution in [0.3, 0.4) is 0 Å². The van der Waals surface area contributed by atoms with E-state index >= 15 is 0 Å². The third kappa shape index (κ3) is 5.67. The molecule has 6 nitrogen and oxygen atoms in total. The number of imide groups is 1. The van der Waals surface area contributed by atoms with Gasteiger partial charge >= 0.3 is 6.03 Å². The van der Waals surface area contributed by atoms with Gasteiger partial charge in [0.05, 0.1) is 6.04 Å². The Kier molecular flexibility index (Phi) is 7.17. The van der Waals surface area contributed by atoms with Gasteiger partial charge < -0.3 is 15.6 Å². The van der Waals surface area contributed by atoms with Crippen molar-refractivity contribution in [2.75, 3.05) is 6.54 Å². The predicted molar refractivity (Wildman–Crippen MR) is 131 cm³/mol. The zero-order valence-corrected chi connectivity index (χ0v) is 18.5. The van der Waals surface area contributed by atoms with Gasteiger partial charge in [0.2, 0.25) is 5.91 Å². The summed E-state index contributed by atoms with van der Waals surface area (Å²) in [6, 6.07) is 26.9. The maximum absolute atomic E-state index is 12.6. The van der Waals surface area contributed by atoms with Crippen molar-refractivity contribution in [2.45, 2.75) is 25.4 Å². The van der Waals surface area contributed by atoms with Crippen LogP contribution in [0.5, 0.6) is 0 Å². The van der Waals surface area contributed by atoms with Crippen LogP contribution in [-0.2, 0) is 11.3 Å². The SMILES string of the molecule is C[C@H](NC[C@@H](c1ccccc1)c1c[nH]c2ccccc12)C(=O)NC(=O)NCc1ccccc1. The second kappa shape index (κ2) is 10.6. The highest BCUT2D eigenvalue weighted by Gasteiger charge is 2.21. The summed E-state index contributed by atoms with van der Waals surface area (Å²) < 4.78 is 0. The Morgan fingerprint density at radius 3 is 2.30 bits per heavy atom. The van der Waals surface area contributed by atoms with Crippen LogP contribution in [0.1, 0.15) is 29.5 Å². The zero-order valence-electron chi connectivity index (χ0n) is 18.5. The summed E-state index contributed by atoms with van der Waals surface area (Å²) in [5, 5.41) is 9.60. The summed E-state index contributed by atoms with van der Waals surface area (Å²) in [6.45, 7) is 2.67. The van der Waals surface area contributed by atoms with Crippen molar-refractivity contribution in [3.8, 4) is 0 Å². The minimum atomic E-state index is -0.538. The molecule has 0 aliphatic carbocycles. The van der Waals surface area contributed by atoms with Crippen LogP contribution >= 0.6 is 0 Å². The number of carbonyl (C=O) groups is 2. The van der Waals surface area contributed by atoms with E-state index in [0.29, 0.717) is 13.1 Å². The van der Waals surface area contributed by atoms with Crippen molar-refractivity contribution >= 4 is 22.8 Å². The first-order valence-corrected chi connectivity index (χ1v) is 11.1. The molecule has 0 spiro atoms. The van der Waals surface area contributed by atoms with E-state index in [1.54, 1.807) is 6.92 Å². The smallest absolute Gasteiger partial charge is 0.321 e. The molecule has 4 N–H and O–H groups in total. The fourth-order valence-corrected chi connectivity index (χ4v) is 3.90. The van der Waals surface area contributed by atoms with E-state index in [-0.39, 0.29) is 11.8 Å². The number of benzene rings is 3. The molecule has 0 unspecified atom stereocenters. The first-order chi connectivity index (χ1) is 16.1. The number of hydrogen-bond donors (Lipinski definition) is 4. The number of fused-ring (bicyclic) bond motifs is 1. The van der Waals surface area contributed by atoms with E-state index in [0.717, 1.165) is 27.6 Å². The molecule has 0 aliphatic rings. The third-order valence-electron chi connectivity index (χ3n) is 5.75. The highest BCUT2D eigenvalue weighted by atomic mass is 16.2. The Balaban J connectivity index is 1.39. The van der Waals surface area contributed by atoms with Crippen LogP contribution in [-0.4, -0.2) is 29.5 Å². The second-order valence-corrected chi connectivity index (χ2v) is 8.04. The van der Waals surface area contributed by atoms with Crippen LogP contribution in [0, 0.1) is 0 Å². The van der Waals surface area contributed by atoms with Gasteiger partial charge in [0, 0.05) is 36.1 Å². The maximum atomic E-state index is 12.6. The summed E-state index contributed by atoms with van der Waals surface area (Å²) in [4.78, 5) is 28.1. The first kappa shape index (κ1) is 22.3. The Morgan fingerprint density at radius 1 is 0.879 bits per heavy atom. The van der Waals surface area contributed by atoms with Gasteiger partial charge in [-0.05, 0) is 29.7 Å². The number of para-hydroxylation sites is 1. The Bertz CT molecular complexity index is 1200. The van der Waals surface area contributed by atoms with Crippen LogP contribution in [0.4, 0.5) is 4.79 Å². The van der Waals surface area contributed by atoms with Crippen molar-refractivity contribution < 1.29 is 9.59 Å². The Hall–Kier alpha value is -3.90. The van der Waals surface area contributed by atoms with E-state index in [9.17, 15) is 9.59 Å². The summed E-state index contributed by atoms with van der Waals surface area (Å²) >= 11 is 0. The van der Waals surface area contributed by atoms with Crippen LogP contribution < -0.4 is 16.0 Å². The summed E-state index contributed by atoms with van der Waals surface area (Å²) in [5.41, 5.74) is 4.37. The molecule has 1 aromatic heterocycles. The first-order valence-electron chi connectivity index (χ1n) is 11.1. The number of hydrogen-bond acceptors (Lipinski definition) is 3. The highest BCUT2D eigenvalue weighted by Crippen LogP contribution is 2.30. The van der Waals surface area contributed by atoms with E-state index in [4.69, 9.17) is 0 Å². The maximum Gasteiger partial charge on any atom is 0.321 e. The molecule has 168 valence electrons. The largest absolute Gasteiger partial charge is 0.361 e. The fraction of sp³-hybridized carbons (Fsp3) is 0.185. The van der Waals surface area contributed by atoms with Gasteiger partial charge in [-0.2, -0.15) is 0 Å². The standard InChI is InChI=1S/C27H28N4O2/c1-19(26(32)31-27(33)30-16-20-10-4-2-5-11-20)28-17-23(21-12-6-3-7-13-21)24-18-29-25-15-9-8-14-22(24)25/h2-15,18-19,23,28-29H,16-17H2,1H3,(H2,30,31,32,33)/t19-,23-/m0/s1. The van der Waals surface area contributed by atoms with Crippen LogP contribution in [0.25, 0.3) is 10.9 Å². The molecule has 3 aromatic carbocycles. The van der Waals surface area contributed by atoms with Gasteiger partial charge in [-0.25, -0.2) is 4.79 Å². The number of carbonyl (C=O) groups excluding carboxylic acids is 2. The molecule has 0 aliphatic heterocycles. The predicted octanol–water partition coefficient (Wildman–Crippen LogP) is 4.30. The quantitative estimate of drug-likeness (QED) is 0.329. The van der Waals surface area contributed by atoms with Crippen molar-refractivity contribution in [1.82, 2.24) is 20.9 Å². The molecule has 33 heavy (non-hydrogen) atoms. The van der Waals surface area contributed by atoms with E-state index in [2.05, 4.69) is 45.2 Å². The minimum Gasteiger partial charge on any atom is -0.361 e. The minimum absolute atomic E-state index is 0.0458. The molecular weight excluding hydrogens is 412 g/mol. The Morgan fingerprint density at radius 2 is 1.55 bits per heavy atom. The van der Waals surface area contributed by atoms with Crippen LogP contribution in [0.2, 0.25) is 0 Å². The van der Waals surface area contributed by atoms with Gasteiger partial charge in [-0.1, -0.05) is 78.9 Å². The number of nitrogens with one attached hydrogen (secondary N) is 4. The van der Waals surface area contributed by atoms with Gasteiger partial charge in [0.25, 0.3) is 0 Å². The third-order valence-corrected chi connectivity index (χ3v) is 5.75. The molecule has 0 saturated carbocycles. The van der Waals surface area contributed by atoms with Crippen molar-refractivity contribution in [3.05, 3.63) is 108 Å². The van der Waals surface area contributed by atoms with E-state index in [1.807, 2.05) is 66.9 Å². The normalized spacial score (nSPS) is 12.8. The molecule has 3 amide bonds. The highest BCUT2D eigenvalue weighted by molar-refractivity contribution is 5.96. The summed E-state index contributed by atoms with van der Waals surface area (Å²) in [5.74, 6) is -0.323. The van der Waals surface area contributed by atoms with Gasteiger partial charge in [0.15, 0.2) is 0 Å². The van der Waals surface area contributed by atoms with Crippen molar-refractivity contribution in [2.24, 2.45) is 0 Å². The number of urea groups is 1. The molecule has 4 aromatic rings. The fourth-order valence-electron chi connectivity index (χ4n) is 3.90. The molecule has 0 saturated heterocycles. The lowest BCUT2D eigenvalue weighted by Crippen LogP contribution is -2.48. The molecular formula is C27H28N4O2. The van der Waals surface area contributed by atoms with Gasteiger partial charge in [0.1, 0.15) is 0 Å². The van der Waals surface area contributed by atoms with E-state index < -0.39 is 12.1 Å². The molecule has 6 heteroatoms. The van der Waals surface area contributed by atoms with Gasteiger partial charge in [-0.15, -0.1) is 0 Å². The molecule has 0 bridgehead atoms. The summed E-state index contributed by atoms with van der Waals surface area (Å²) in [6.07, 6.45) is 2.03. The molecule has 1 heterocycles. The topological polar surface area (TPSA) is 86.0 Å². The van der Waals surface area contributed by atoms with Crippen LogP contribution in [0.15, 0.2) is 91.1 Å². The average Bonchev–Trinajstić information content (AvgIpc) is 3.28. The molecule has 4 rings (SSSR count). The lowest BCUT2D eigenvalue weighted by Gasteiger charge is -2.21. The van der Waals surface area contributed by atoms with Gasteiger partial charge in [-0.3, -0.25) is 10.1 Å². The number of amides is 3.